The summed E-state index contributed by atoms with van der Waals surface area (Å²) in [5, 5.41) is 4.48. The summed E-state index contributed by atoms with van der Waals surface area (Å²) in [4.78, 5) is 0. The lowest BCUT2D eigenvalue weighted by molar-refractivity contribution is 0.481. The number of hydrogen-bond donors (Lipinski definition) is 2. The van der Waals surface area contributed by atoms with E-state index in [1.165, 1.54) is 0 Å². The molecular weight excluding hydrogens is 176 g/mol. The molecule has 5 heteroatoms. The van der Waals surface area contributed by atoms with Crippen LogP contribution in [0.15, 0.2) is 12.2 Å². The maximum atomic E-state index is 10.9. The molecule has 0 radical (unpaired) electrons. The summed E-state index contributed by atoms with van der Waals surface area (Å²) in [6, 6.07) is 0. The van der Waals surface area contributed by atoms with Crippen LogP contribution in [-0.4, -0.2) is 20.2 Å². The van der Waals surface area contributed by atoms with Crippen LogP contribution in [0.2, 0.25) is 0 Å². The SMILES string of the molecule is NCC1CC=CC(S(N)(=O)=O)C1. The zero-order chi connectivity index (χ0) is 9.19. The molecule has 1 aliphatic carbocycles. The van der Waals surface area contributed by atoms with Crippen LogP contribution in [0.4, 0.5) is 0 Å². The molecular formula is C7H14N2O2S. The molecule has 1 rings (SSSR count). The van der Waals surface area contributed by atoms with Crippen LogP contribution in [-0.2, 0) is 10.0 Å². The largest absolute Gasteiger partial charge is 0.330 e. The average Bonchev–Trinajstić information content (AvgIpc) is 2.03. The minimum Gasteiger partial charge on any atom is -0.330 e. The highest BCUT2D eigenvalue weighted by atomic mass is 32.2. The maximum Gasteiger partial charge on any atom is 0.215 e. The fraction of sp³-hybridized carbons (Fsp3) is 0.714. The molecule has 0 saturated carbocycles. The molecule has 12 heavy (non-hydrogen) atoms. The Balaban J connectivity index is 2.71. The van der Waals surface area contributed by atoms with Crippen LogP contribution < -0.4 is 10.9 Å². The minimum absolute atomic E-state index is 0.262. The van der Waals surface area contributed by atoms with Crippen LogP contribution in [0.25, 0.3) is 0 Å². The van der Waals surface area contributed by atoms with Crippen molar-refractivity contribution in [2.24, 2.45) is 16.8 Å². The van der Waals surface area contributed by atoms with Gasteiger partial charge in [0.25, 0.3) is 0 Å². The van der Waals surface area contributed by atoms with E-state index in [9.17, 15) is 8.42 Å². The van der Waals surface area contributed by atoms with E-state index in [2.05, 4.69) is 0 Å². The fourth-order valence-electron chi connectivity index (χ4n) is 1.36. The zero-order valence-electron chi connectivity index (χ0n) is 6.81. The van der Waals surface area contributed by atoms with Crippen molar-refractivity contribution in [2.45, 2.75) is 18.1 Å². The van der Waals surface area contributed by atoms with Crippen LogP contribution in [0.3, 0.4) is 0 Å². The molecule has 0 spiro atoms. The number of hydrogen-bond acceptors (Lipinski definition) is 3. The predicted octanol–water partition coefficient (Wildman–Crippen LogP) is -0.432. The number of sulfonamides is 1. The van der Waals surface area contributed by atoms with E-state index < -0.39 is 15.3 Å². The highest BCUT2D eigenvalue weighted by molar-refractivity contribution is 7.89. The topological polar surface area (TPSA) is 86.2 Å². The first kappa shape index (κ1) is 9.70. The molecule has 0 aromatic rings. The van der Waals surface area contributed by atoms with Gasteiger partial charge in [0.15, 0.2) is 0 Å². The summed E-state index contributed by atoms with van der Waals surface area (Å²) in [7, 11) is -3.41. The zero-order valence-corrected chi connectivity index (χ0v) is 7.63. The molecule has 4 nitrogen and oxygen atoms in total. The van der Waals surface area contributed by atoms with Gasteiger partial charge in [0, 0.05) is 0 Å². The summed E-state index contributed by atoms with van der Waals surface area (Å²) < 4.78 is 21.9. The normalized spacial score (nSPS) is 30.5. The molecule has 0 bridgehead atoms. The van der Waals surface area contributed by atoms with E-state index in [4.69, 9.17) is 10.9 Å². The molecule has 0 heterocycles. The standard InChI is InChI=1S/C7H14N2O2S/c8-5-6-2-1-3-7(4-6)12(9,10)11/h1,3,6-7H,2,4-5,8H2,(H2,9,10,11). The van der Waals surface area contributed by atoms with E-state index >= 15 is 0 Å². The number of rotatable bonds is 2. The van der Waals surface area contributed by atoms with Gasteiger partial charge in [-0.1, -0.05) is 12.2 Å². The second-order valence-electron chi connectivity index (χ2n) is 3.13. The Kier molecular flexibility index (Phi) is 2.87. The Hall–Kier alpha value is -0.390. The summed E-state index contributed by atoms with van der Waals surface area (Å²) in [5.41, 5.74) is 5.44. The Morgan fingerprint density at radius 1 is 1.50 bits per heavy atom. The lowest BCUT2D eigenvalue weighted by Crippen LogP contribution is -2.32. The third-order valence-corrected chi connectivity index (χ3v) is 3.33. The third kappa shape index (κ3) is 2.30. The molecule has 2 atom stereocenters. The highest BCUT2D eigenvalue weighted by Crippen LogP contribution is 2.20. The van der Waals surface area contributed by atoms with Crippen molar-refractivity contribution in [3.05, 3.63) is 12.2 Å². The number of primary sulfonamides is 1. The van der Waals surface area contributed by atoms with Gasteiger partial charge in [0.1, 0.15) is 0 Å². The molecule has 2 unspecified atom stereocenters. The van der Waals surface area contributed by atoms with Crippen molar-refractivity contribution >= 4 is 10.0 Å². The van der Waals surface area contributed by atoms with E-state index in [0.717, 1.165) is 6.42 Å². The monoisotopic (exact) mass is 190 g/mol. The van der Waals surface area contributed by atoms with Crippen molar-refractivity contribution in [2.75, 3.05) is 6.54 Å². The van der Waals surface area contributed by atoms with Crippen molar-refractivity contribution in [3.63, 3.8) is 0 Å². The third-order valence-electron chi connectivity index (χ3n) is 2.14. The maximum absolute atomic E-state index is 10.9. The Morgan fingerprint density at radius 2 is 2.17 bits per heavy atom. The molecule has 70 valence electrons. The smallest absolute Gasteiger partial charge is 0.215 e. The molecule has 0 fully saturated rings. The number of nitrogens with two attached hydrogens (primary N) is 2. The van der Waals surface area contributed by atoms with Gasteiger partial charge in [-0.15, -0.1) is 0 Å². The van der Waals surface area contributed by atoms with Gasteiger partial charge in [-0.05, 0) is 25.3 Å². The van der Waals surface area contributed by atoms with Crippen LogP contribution in [0.5, 0.6) is 0 Å². The van der Waals surface area contributed by atoms with Crippen molar-refractivity contribution in [3.8, 4) is 0 Å². The van der Waals surface area contributed by atoms with E-state index in [0.29, 0.717) is 13.0 Å². The predicted molar refractivity (Wildman–Crippen MR) is 47.8 cm³/mol. The average molecular weight is 190 g/mol. The van der Waals surface area contributed by atoms with E-state index in [1.54, 1.807) is 6.08 Å². The Bertz CT molecular complexity index is 271. The van der Waals surface area contributed by atoms with Gasteiger partial charge in [-0.25, -0.2) is 13.6 Å². The second-order valence-corrected chi connectivity index (χ2v) is 4.91. The molecule has 1 aliphatic rings. The molecule has 0 saturated heterocycles. The highest BCUT2D eigenvalue weighted by Gasteiger charge is 2.24. The van der Waals surface area contributed by atoms with Crippen LogP contribution in [0.1, 0.15) is 12.8 Å². The van der Waals surface area contributed by atoms with Gasteiger partial charge in [0.05, 0.1) is 5.25 Å². The van der Waals surface area contributed by atoms with Crippen LogP contribution in [0, 0.1) is 5.92 Å². The molecule has 4 N–H and O–H groups in total. The van der Waals surface area contributed by atoms with Gasteiger partial charge < -0.3 is 5.73 Å². The van der Waals surface area contributed by atoms with Gasteiger partial charge >= 0.3 is 0 Å². The minimum atomic E-state index is -3.41. The Morgan fingerprint density at radius 3 is 2.67 bits per heavy atom. The summed E-state index contributed by atoms with van der Waals surface area (Å²) in [6.45, 7) is 0.524. The van der Waals surface area contributed by atoms with E-state index in [-0.39, 0.29) is 5.92 Å². The van der Waals surface area contributed by atoms with Crippen molar-refractivity contribution < 1.29 is 8.42 Å². The van der Waals surface area contributed by atoms with Gasteiger partial charge in [-0.3, -0.25) is 0 Å². The number of allylic oxidation sites excluding steroid dienone is 1. The first-order chi connectivity index (χ1) is 5.54. The summed E-state index contributed by atoms with van der Waals surface area (Å²) >= 11 is 0. The van der Waals surface area contributed by atoms with E-state index in [1.807, 2.05) is 6.08 Å². The first-order valence-electron chi connectivity index (χ1n) is 3.92. The summed E-state index contributed by atoms with van der Waals surface area (Å²) in [5.74, 6) is 0.262. The van der Waals surface area contributed by atoms with Crippen LogP contribution >= 0.6 is 0 Å². The van der Waals surface area contributed by atoms with Gasteiger partial charge in [-0.2, -0.15) is 0 Å². The second kappa shape index (κ2) is 3.55. The molecule has 0 aromatic heterocycles. The Labute approximate surface area is 72.7 Å². The van der Waals surface area contributed by atoms with Crippen molar-refractivity contribution in [1.29, 1.82) is 0 Å². The quantitative estimate of drug-likeness (QED) is 0.579. The van der Waals surface area contributed by atoms with Gasteiger partial charge in [0.2, 0.25) is 10.0 Å². The molecule has 0 aromatic carbocycles. The lowest BCUT2D eigenvalue weighted by atomic mass is 9.94. The summed E-state index contributed by atoms with van der Waals surface area (Å²) in [6.07, 6.45) is 4.92. The first-order valence-corrected chi connectivity index (χ1v) is 5.53. The molecule has 0 amide bonds. The molecule has 0 aliphatic heterocycles. The fourth-order valence-corrected chi connectivity index (χ4v) is 2.23. The lowest BCUT2D eigenvalue weighted by Gasteiger charge is -2.21. The van der Waals surface area contributed by atoms with Crippen molar-refractivity contribution in [1.82, 2.24) is 0 Å².